The molecule has 0 spiro atoms. The van der Waals surface area contributed by atoms with Crippen LogP contribution in [0.2, 0.25) is 0 Å². The zero-order valence-corrected chi connectivity index (χ0v) is 12.8. The summed E-state index contributed by atoms with van der Waals surface area (Å²) in [4.78, 5) is 2.20. The van der Waals surface area contributed by atoms with Gasteiger partial charge in [0.15, 0.2) is 0 Å². The van der Waals surface area contributed by atoms with Crippen LogP contribution in [0.5, 0.6) is 0 Å². The van der Waals surface area contributed by atoms with Crippen LogP contribution in [0.15, 0.2) is 18.2 Å². The molecule has 0 radical (unpaired) electrons. The van der Waals surface area contributed by atoms with Crippen molar-refractivity contribution >= 4 is 5.69 Å². The summed E-state index contributed by atoms with van der Waals surface area (Å²) in [6.45, 7) is 4.66. The molecule has 1 fully saturated rings. The van der Waals surface area contributed by atoms with Gasteiger partial charge in [0.25, 0.3) is 0 Å². The number of aliphatic hydroxyl groups excluding tert-OH is 1. The smallest absolute Gasteiger partial charge is 0.101 e. The summed E-state index contributed by atoms with van der Waals surface area (Å²) in [5, 5.41) is 22.1. The van der Waals surface area contributed by atoms with E-state index in [2.05, 4.69) is 29.3 Å². The molecule has 0 atom stereocenters. The first kappa shape index (κ1) is 15.8. The average Bonchev–Trinajstić information content (AvgIpc) is 2.45. The summed E-state index contributed by atoms with van der Waals surface area (Å²) in [6.07, 6.45) is 4.66. The molecule has 2 N–H and O–H groups in total. The summed E-state index contributed by atoms with van der Waals surface area (Å²) < 4.78 is 0. The van der Waals surface area contributed by atoms with Crippen LogP contribution in [0.3, 0.4) is 0 Å². The highest BCUT2D eigenvalue weighted by Gasteiger charge is 2.26. The number of benzene rings is 1. The summed E-state index contributed by atoms with van der Waals surface area (Å²) in [7, 11) is 0. The summed E-state index contributed by atoms with van der Waals surface area (Å²) in [6, 6.07) is 8.89. The van der Waals surface area contributed by atoms with Gasteiger partial charge in [0.2, 0.25) is 0 Å². The zero-order valence-electron chi connectivity index (χ0n) is 12.8. The third kappa shape index (κ3) is 3.96. The molecule has 1 aliphatic carbocycles. The lowest BCUT2D eigenvalue weighted by Gasteiger charge is -2.39. The molecule has 21 heavy (non-hydrogen) atoms. The number of nitrogens with one attached hydrogen (secondary N) is 1. The number of anilines is 1. The number of hydrogen-bond acceptors (Lipinski definition) is 4. The fourth-order valence-corrected chi connectivity index (χ4v) is 2.75. The average molecular weight is 287 g/mol. The Hall–Kier alpha value is -1.57. The Labute approximate surface area is 127 Å². The zero-order chi connectivity index (χ0) is 15.1. The van der Waals surface area contributed by atoms with E-state index in [0.717, 1.165) is 43.6 Å². The van der Waals surface area contributed by atoms with Crippen LogP contribution in [0.1, 0.15) is 43.7 Å². The second-order valence-corrected chi connectivity index (χ2v) is 5.64. The van der Waals surface area contributed by atoms with Crippen LogP contribution in [-0.2, 0) is 6.54 Å². The molecule has 0 bridgehead atoms. The Morgan fingerprint density at radius 2 is 2.24 bits per heavy atom. The highest BCUT2D eigenvalue weighted by molar-refractivity contribution is 5.61. The molecule has 0 heterocycles. The van der Waals surface area contributed by atoms with Crippen LogP contribution in [0.4, 0.5) is 5.69 Å². The van der Waals surface area contributed by atoms with E-state index in [4.69, 9.17) is 0 Å². The molecule has 0 aromatic heterocycles. The molecule has 0 saturated heterocycles. The summed E-state index contributed by atoms with van der Waals surface area (Å²) >= 11 is 0. The number of rotatable bonds is 8. The normalized spacial score (nSPS) is 14.5. The van der Waals surface area contributed by atoms with Gasteiger partial charge in [0.05, 0.1) is 17.9 Å². The van der Waals surface area contributed by atoms with Crippen molar-refractivity contribution in [2.75, 3.05) is 24.6 Å². The number of aliphatic hydroxyl groups is 1. The summed E-state index contributed by atoms with van der Waals surface area (Å²) in [5.74, 6) is 0. The quantitative estimate of drug-likeness (QED) is 0.721. The van der Waals surface area contributed by atoms with E-state index in [9.17, 15) is 10.4 Å². The Morgan fingerprint density at radius 3 is 2.81 bits per heavy atom. The van der Waals surface area contributed by atoms with Crippen LogP contribution in [0, 0.1) is 11.3 Å². The lowest BCUT2D eigenvalue weighted by molar-refractivity contribution is 0.283. The van der Waals surface area contributed by atoms with Gasteiger partial charge in [0.1, 0.15) is 6.07 Å². The molecule has 1 aliphatic rings. The van der Waals surface area contributed by atoms with E-state index in [0.29, 0.717) is 18.2 Å². The maximum absolute atomic E-state index is 9.44. The molecule has 0 aliphatic heterocycles. The lowest BCUT2D eigenvalue weighted by atomic mass is 9.90. The SMILES string of the molecule is CCCNCc1ccc(N(CCO)C2CCC2)c(C#N)c1. The molecule has 0 unspecified atom stereocenters. The standard InChI is InChI=1S/C17H25N3O/c1-2-8-19-13-14-6-7-17(15(11-14)12-18)20(9-10-21)16-4-3-5-16/h6-7,11,16,19,21H,2-5,8-10,13H2,1H3. The predicted molar refractivity (Wildman–Crippen MR) is 85.2 cm³/mol. The first-order valence-electron chi connectivity index (χ1n) is 7.91. The minimum absolute atomic E-state index is 0.126. The van der Waals surface area contributed by atoms with Crippen molar-refractivity contribution < 1.29 is 5.11 Å². The van der Waals surface area contributed by atoms with E-state index < -0.39 is 0 Å². The van der Waals surface area contributed by atoms with Gasteiger partial charge >= 0.3 is 0 Å². The Kier molecular flexibility index (Phi) is 6.04. The van der Waals surface area contributed by atoms with Crippen molar-refractivity contribution in [3.63, 3.8) is 0 Å². The van der Waals surface area contributed by atoms with Gasteiger partial charge in [-0.25, -0.2) is 0 Å². The van der Waals surface area contributed by atoms with Gasteiger partial charge in [-0.05, 0) is 49.9 Å². The third-order valence-electron chi connectivity index (χ3n) is 4.10. The highest BCUT2D eigenvalue weighted by Crippen LogP contribution is 2.31. The minimum atomic E-state index is 0.126. The van der Waals surface area contributed by atoms with Gasteiger partial charge in [-0.3, -0.25) is 0 Å². The van der Waals surface area contributed by atoms with Crippen LogP contribution >= 0.6 is 0 Å². The Balaban J connectivity index is 2.15. The minimum Gasteiger partial charge on any atom is -0.395 e. The monoisotopic (exact) mass is 287 g/mol. The second-order valence-electron chi connectivity index (χ2n) is 5.64. The fourth-order valence-electron chi connectivity index (χ4n) is 2.75. The van der Waals surface area contributed by atoms with Crippen LogP contribution in [-0.4, -0.2) is 30.8 Å². The second kappa shape index (κ2) is 8.02. The van der Waals surface area contributed by atoms with Crippen molar-refractivity contribution in [2.24, 2.45) is 0 Å². The van der Waals surface area contributed by atoms with Crippen molar-refractivity contribution in [3.05, 3.63) is 29.3 Å². The van der Waals surface area contributed by atoms with E-state index in [1.165, 1.54) is 6.42 Å². The van der Waals surface area contributed by atoms with Crippen molar-refractivity contribution in [2.45, 2.75) is 45.2 Å². The van der Waals surface area contributed by atoms with E-state index in [1.807, 2.05) is 12.1 Å². The van der Waals surface area contributed by atoms with Crippen LogP contribution in [0.25, 0.3) is 0 Å². The molecule has 1 aromatic carbocycles. The maximum atomic E-state index is 9.44. The largest absolute Gasteiger partial charge is 0.395 e. The van der Waals surface area contributed by atoms with Crippen molar-refractivity contribution in [3.8, 4) is 6.07 Å². The van der Waals surface area contributed by atoms with E-state index in [1.54, 1.807) is 0 Å². The molecular weight excluding hydrogens is 262 g/mol. The first-order chi connectivity index (χ1) is 10.3. The number of hydrogen-bond donors (Lipinski definition) is 2. The molecule has 114 valence electrons. The molecule has 0 amide bonds. The topological polar surface area (TPSA) is 59.3 Å². The van der Waals surface area contributed by atoms with Gasteiger partial charge in [-0.1, -0.05) is 13.0 Å². The maximum Gasteiger partial charge on any atom is 0.101 e. The van der Waals surface area contributed by atoms with Gasteiger partial charge in [-0.15, -0.1) is 0 Å². The van der Waals surface area contributed by atoms with Crippen molar-refractivity contribution in [1.82, 2.24) is 5.32 Å². The predicted octanol–water partition coefficient (Wildman–Crippen LogP) is 2.41. The number of nitriles is 1. The molecule has 4 heteroatoms. The third-order valence-corrected chi connectivity index (χ3v) is 4.10. The molecule has 1 saturated carbocycles. The lowest BCUT2D eigenvalue weighted by Crippen LogP contribution is -2.42. The molecule has 1 aromatic rings. The van der Waals surface area contributed by atoms with Crippen molar-refractivity contribution in [1.29, 1.82) is 5.26 Å². The number of nitrogens with zero attached hydrogens (tertiary/aromatic N) is 2. The van der Waals surface area contributed by atoms with E-state index >= 15 is 0 Å². The van der Waals surface area contributed by atoms with Gasteiger partial charge in [0, 0.05) is 19.1 Å². The highest BCUT2D eigenvalue weighted by atomic mass is 16.3. The molecule has 4 nitrogen and oxygen atoms in total. The van der Waals surface area contributed by atoms with Gasteiger partial charge in [-0.2, -0.15) is 5.26 Å². The molecule has 2 rings (SSSR count). The van der Waals surface area contributed by atoms with Gasteiger partial charge < -0.3 is 15.3 Å². The Morgan fingerprint density at radius 1 is 1.43 bits per heavy atom. The summed E-state index contributed by atoms with van der Waals surface area (Å²) in [5.41, 5.74) is 2.82. The fraction of sp³-hybridized carbons (Fsp3) is 0.588. The first-order valence-corrected chi connectivity index (χ1v) is 7.91. The van der Waals surface area contributed by atoms with E-state index in [-0.39, 0.29) is 6.61 Å². The molecular formula is C17H25N3O. The van der Waals surface area contributed by atoms with Crippen LogP contribution < -0.4 is 10.2 Å². The Bertz CT molecular complexity index is 491.